The SMILES string of the molecule is COC(=O)C1C(=O)CSc2ccccc21. The summed E-state index contributed by atoms with van der Waals surface area (Å²) in [5.74, 6) is -0.928. The third-order valence-corrected chi connectivity index (χ3v) is 3.47. The summed E-state index contributed by atoms with van der Waals surface area (Å²) in [6, 6.07) is 7.45. The lowest BCUT2D eigenvalue weighted by atomic mass is 9.95. The smallest absolute Gasteiger partial charge is 0.320 e. The average molecular weight is 222 g/mol. The lowest BCUT2D eigenvalue weighted by molar-refractivity contribution is -0.145. The van der Waals surface area contributed by atoms with E-state index in [1.807, 2.05) is 18.2 Å². The predicted molar refractivity (Wildman–Crippen MR) is 56.9 cm³/mol. The Kier molecular flexibility index (Phi) is 2.77. The van der Waals surface area contributed by atoms with Crippen LogP contribution in [0.3, 0.4) is 0 Å². The number of methoxy groups -OCH3 is 1. The zero-order chi connectivity index (χ0) is 10.8. The Morgan fingerprint density at radius 3 is 2.93 bits per heavy atom. The minimum Gasteiger partial charge on any atom is -0.468 e. The number of ketones is 1. The number of hydrogen-bond acceptors (Lipinski definition) is 4. The molecule has 0 spiro atoms. The molecule has 0 saturated carbocycles. The fraction of sp³-hybridized carbons (Fsp3) is 0.273. The van der Waals surface area contributed by atoms with Crippen LogP contribution in [0.2, 0.25) is 0 Å². The topological polar surface area (TPSA) is 43.4 Å². The zero-order valence-electron chi connectivity index (χ0n) is 8.23. The van der Waals surface area contributed by atoms with Gasteiger partial charge in [-0.15, -0.1) is 11.8 Å². The van der Waals surface area contributed by atoms with E-state index in [1.165, 1.54) is 18.9 Å². The first-order chi connectivity index (χ1) is 7.24. The highest BCUT2D eigenvalue weighted by Gasteiger charge is 2.34. The Morgan fingerprint density at radius 2 is 2.20 bits per heavy atom. The van der Waals surface area contributed by atoms with Crippen molar-refractivity contribution in [3.05, 3.63) is 29.8 Å². The van der Waals surface area contributed by atoms with Gasteiger partial charge in [-0.3, -0.25) is 9.59 Å². The summed E-state index contributed by atoms with van der Waals surface area (Å²) in [6.07, 6.45) is 0. The highest BCUT2D eigenvalue weighted by Crippen LogP contribution is 2.35. The van der Waals surface area contributed by atoms with Crippen molar-refractivity contribution in [2.45, 2.75) is 10.8 Å². The van der Waals surface area contributed by atoms with Crippen molar-refractivity contribution < 1.29 is 14.3 Å². The van der Waals surface area contributed by atoms with Gasteiger partial charge in [-0.2, -0.15) is 0 Å². The van der Waals surface area contributed by atoms with Crippen molar-refractivity contribution in [1.82, 2.24) is 0 Å². The molecule has 2 rings (SSSR count). The maximum atomic E-state index is 11.6. The molecule has 3 nitrogen and oxygen atoms in total. The zero-order valence-corrected chi connectivity index (χ0v) is 9.04. The molecule has 1 heterocycles. The van der Waals surface area contributed by atoms with E-state index in [0.29, 0.717) is 5.75 Å². The Labute approximate surface area is 91.8 Å². The van der Waals surface area contributed by atoms with Crippen molar-refractivity contribution in [3.63, 3.8) is 0 Å². The molecule has 78 valence electrons. The number of rotatable bonds is 1. The summed E-state index contributed by atoms with van der Waals surface area (Å²) in [4.78, 5) is 24.1. The van der Waals surface area contributed by atoms with E-state index in [-0.39, 0.29) is 5.78 Å². The number of esters is 1. The van der Waals surface area contributed by atoms with E-state index in [2.05, 4.69) is 4.74 Å². The van der Waals surface area contributed by atoms with E-state index in [0.717, 1.165) is 10.5 Å². The molecule has 1 aromatic carbocycles. The van der Waals surface area contributed by atoms with Crippen LogP contribution in [0.4, 0.5) is 0 Å². The lowest BCUT2D eigenvalue weighted by Crippen LogP contribution is -2.28. The highest BCUT2D eigenvalue weighted by molar-refractivity contribution is 8.00. The van der Waals surface area contributed by atoms with Crippen LogP contribution >= 0.6 is 11.8 Å². The van der Waals surface area contributed by atoms with Crippen LogP contribution < -0.4 is 0 Å². The van der Waals surface area contributed by atoms with E-state index >= 15 is 0 Å². The molecule has 0 radical (unpaired) electrons. The summed E-state index contributed by atoms with van der Waals surface area (Å²) in [7, 11) is 1.31. The summed E-state index contributed by atoms with van der Waals surface area (Å²) in [5, 5.41) is 0. The highest BCUT2D eigenvalue weighted by atomic mass is 32.2. The van der Waals surface area contributed by atoms with Gasteiger partial charge in [0.25, 0.3) is 0 Å². The van der Waals surface area contributed by atoms with Crippen LogP contribution in [-0.4, -0.2) is 24.6 Å². The molecule has 0 bridgehead atoms. The fourth-order valence-electron chi connectivity index (χ4n) is 1.63. The standard InChI is InChI=1S/C11H10O3S/c1-14-11(13)10-7-4-2-3-5-9(7)15-6-8(10)12/h2-5,10H,6H2,1H3. The molecule has 0 amide bonds. The van der Waals surface area contributed by atoms with Crippen molar-refractivity contribution in [2.75, 3.05) is 12.9 Å². The number of Topliss-reactive ketones (excluding diaryl/α,β-unsaturated/α-hetero) is 1. The van der Waals surface area contributed by atoms with E-state index in [1.54, 1.807) is 6.07 Å². The molecule has 1 unspecified atom stereocenters. The van der Waals surface area contributed by atoms with Crippen LogP contribution in [0.5, 0.6) is 0 Å². The molecule has 1 aromatic rings. The van der Waals surface area contributed by atoms with E-state index in [9.17, 15) is 9.59 Å². The number of fused-ring (bicyclic) bond motifs is 1. The molecular formula is C11H10O3S. The quantitative estimate of drug-likeness (QED) is 0.535. The lowest BCUT2D eigenvalue weighted by Gasteiger charge is -2.21. The second-order valence-corrected chi connectivity index (χ2v) is 4.27. The van der Waals surface area contributed by atoms with Gasteiger partial charge in [-0.1, -0.05) is 18.2 Å². The van der Waals surface area contributed by atoms with Crippen LogP contribution in [0.1, 0.15) is 11.5 Å². The molecule has 1 aliphatic rings. The molecule has 1 aliphatic heterocycles. The van der Waals surface area contributed by atoms with Crippen LogP contribution in [0.25, 0.3) is 0 Å². The van der Waals surface area contributed by atoms with Crippen LogP contribution in [0, 0.1) is 0 Å². The van der Waals surface area contributed by atoms with Gasteiger partial charge >= 0.3 is 5.97 Å². The second-order valence-electron chi connectivity index (χ2n) is 3.25. The Bertz CT molecular complexity index is 414. The number of carbonyl (C=O) groups excluding carboxylic acids is 2. The van der Waals surface area contributed by atoms with E-state index < -0.39 is 11.9 Å². The summed E-state index contributed by atoms with van der Waals surface area (Å²) in [5.41, 5.74) is 0.769. The van der Waals surface area contributed by atoms with Gasteiger partial charge in [0.15, 0.2) is 5.78 Å². The minimum atomic E-state index is -0.729. The summed E-state index contributed by atoms with van der Waals surface area (Å²) in [6.45, 7) is 0. The maximum Gasteiger partial charge on any atom is 0.320 e. The van der Waals surface area contributed by atoms with Crippen molar-refractivity contribution in [2.24, 2.45) is 0 Å². The van der Waals surface area contributed by atoms with Gasteiger partial charge in [0.05, 0.1) is 12.9 Å². The average Bonchev–Trinajstić information content (AvgIpc) is 2.28. The first-order valence-electron chi connectivity index (χ1n) is 4.56. The van der Waals surface area contributed by atoms with Crippen molar-refractivity contribution in [1.29, 1.82) is 0 Å². The minimum absolute atomic E-state index is 0.0782. The third-order valence-electron chi connectivity index (χ3n) is 2.36. The molecule has 0 aromatic heterocycles. The monoisotopic (exact) mass is 222 g/mol. The maximum absolute atomic E-state index is 11.6. The summed E-state index contributed by atoms with van der Waals surface area (Å²) < 4.78 is 4.65. The first-order valence-corrected chi connectivity index (χ1v) is 5.55. The molecule has 0 fully saturated rings. The van der Waals surface area contributed by atoms with Gasteiger partial charge < -0.3 is 4.74 Å². The molecule has 15 heavy (non-hydrogen) atoms. The Morgan fingerprint density at radius 1 is 1.47 bits per heavy atom. The number of thioether (sulfide) groups is 1. The molecule has 0 aliphatic carbocycles. The molecule has 4 heteroatoms. The van der Waals surface area contributed by atoms with Crippen LogP contribution in [0.15, 0.2) is 29.2 Å². The number of ether oxygens (including phenoxy) is 1. The molecule has 0 N–H and O–H groups in total. The number of benzene rings is 1. The molecule has 0 saturated heterocycles. The van der Waals surface area contributed by atoms with Gasteiger partial charge in [0.2, 0.25) is 0 Å². The van der Waals surface area contributed by atoms with E-state index in [4.69, 9.17) is 0 Å². The normalized spacial score (nSPS) is 19.5. The molecular weight excluding hydrogens is 212 g/mol. The fourth-order valence-corrected chi connectivity index (χ4v) is 2.62. The third kappa shape index (κ3) is 1.77. The molecule has 1 atom stereocenters. The number of carbonyl (C=O) groups is 2. The van der Waals surface area contributed by atoms with Gasteiger partial charge in [0, 0.05) is 4.90 Å². The summed E-state index contributed by atoms with van der Waals surface area (Å²) >= 11 is 1.47. The Balaban J connectivity index is 2.46. The van der Waals surface area contributed by atoms with Gasteiger partial charge in [-0.05, 0) is 11.6 Å². The van der Waals surface area contributed by atoms with Crippen LogP contribution in [-0.2, 0) is 14.3 Å². The first kappa shape index (κ1) is 10.2. The van der Waals surface area contributed by atoms with Crippen molar-refractivity contribution in [3.8, 4) is 0 Å². The Hall–Kier alpha value is -1.29. The van der Waals surface area contributed by atoms with Crippen molar-refractivity contribution >= 4 is 23.5 Å². The largest absolute Gasteiger partial charge is 0.468 e. The number of hydrogen-bond donors (Lipinski definition) is 0. The second kappa shape index (κ2) is 4.06. The van der Waals surface area contributed by atoms with Gasteiger partial charge in [0.1, 0.15) is 5.92 Å². The predicted octanol–water partition coefficient (Wildman–Crippen LogP) is 1.62. The van der Waals surface area contributed by atoms with Gasteiger partial charge in [-0.25, -0.2) is 0 Å².